The zero-order valence-electron chi connectivity index (χ0n) is 27.0. The molecule has 0 bridgehead atoms. The second kappa shape index (κ2) is 13.3. The Morgan fingerprint density at radius 2 is 0.796 bits per heavy atom. The highest BCUT2D eigenvalue weighted by atomic mass is 14.8. The SMILES string of the molecule is Cc1cc(-c2ccc(-c3cc(-c4ccc(-c5ccncn5)cc4)cc(-c4cc(-c5ccccc5)nc(-c5ccccc5)c4)c3)cc2)ccn1. The van der Waals surface area contributed by atoms with E-state index < -0.39 is 0 Å². The van der Waals surface area contributed by atoms with Crippen molar-refractivity contribution in [3.05, 3.63) is 182 Å². The van der Waals surface area contributed by atoms with Gasteiger partial charge >= 0.3 is 0 Å². The fraction of sp³-hybridized carbons (Fsp3) is 0.0222. The molecule has 0 aliphatic heterocycles. The summed E-state index contributed by atoms with van der Waals surface area (Å²) in [4.78, 5) is 18.0. The Morgan fingerprint density at radius 3 is 1.31 bits per heavy atom. The maximum Gasteiger partial charge on any atom is 0.116 e. The molecule has 8 rings (SSSR count). The van der Waals surface area contributed by atoms with Crippen LogP contribution >= 0.6 is 0 Å². The number of aryl methyl sites for hydroxylation is 1. The third-order valence-electron chi connectivity index (χ3n) is 8.77. The second-order valence-corrected chi connectivity index (χ2v) is 12.1. The van der Waals surface area contributed by atoms with Gasteiger partial charge in [0, 0.05) is 34.8 Å². The lowest BCUT2D eigenvalue weighted by Gasteiger charge is -2.14. The first-order chi connectivity index (χ1) is 24.2. The molecule has 3 heterocycles. The molecule has 232 valence electrons. The summed E-state index contributed by atoms with van der Waals surface area (Å²) in [5.74, 6) is 0. The zero-order valence-corrected chi connectivity index (χ0v) is 27.0. The van der Waals surface area contributed by atoms with Crippen LogP contribution in [0.25, 0.3) is 78.3 Å². The normalized spacial score (nSPS) is 11.0. The zero-order chi connectivity index (χ0) is 33.0. The summed E-state index contributed by atoms with van der Waals surface area (Å²) in [6.45, 7) is 2.02. The summed E-state index contributed by atoms with van der Waals surface area (Å²) >= 11 is 0. The van der Waals surface area contributed by atoms with Crippen molar-refractivity contribution in [3.8, 4) is 78.3 Å². The van der Waals surface area contributed by atoms with E-state index >= 15 is 0 Å². The van der Waals surface area contributed by atoms with E-state index in [1.165, 1.54) is 5.56 Å². The Bertz CT molecular complexity index is 2290. The number of aromatic nitrogens is 4. The Hall–Kier alpha value is -6.52. The number of pyridine rings is 2. The predicted molar refractivity (Wildman–Crippen MR) is 200 cm³/mol. The highest BCUT2D eigenvalue weighted by Crippen LogP contribution is 2.37. The van der Waals surface area contributed by atoms with Gasteiger partial charge < -0.3 is 0 Å². The quantitative estimate of drug-likeness (QED) is 0.176. The smallest absolute Gasteiger partial charge is 0.116 e. The molecular weight excluding hydrogens is 597 g/mol. The van der Waals surface area contributed by atoms with Gasteiger partial charge in [0.2, 0.25) is 0 Å². The Balaban J connectivity index is 1.27. The molecule has 4 nitrogen and oxygen atoms in total. The highest BCUT2D eigenvalue weighted by Gasteiger charge is 2.13. The van der Waals surface area contributed by atoms with Crippen LogP contribution in [0.5, 0.6) is 0 Å². The summed E-state index contributed by atoms with van der Waals surface area (Å²) < 4.78 is 0. The maximum atomic E-state index is 5.13. The lowest BCUT2D eigenvalue weighted by Crippen LogP contribution is -1.92. The van der Waals surface area contributed by atoms with Gasteiger partial charge in [0.1, 0.15) is 6.33 Å². The van der Waals surface area contributed by atoms with Gasteiger partial charge in [-0.25, -0.2) is 15.0 Å². The number of nitrogens with zero attached hydrogens (tertiary/aromatic N) is 4. The molecule has 49 heavy (non-hydrogen) atoms. The largest absolute Gasteiger partial charge is 0.262 e. The number of hydrogen-bond acceptors (Lipinski definition) is 4. The molecule has 0 radical (unpaired) electrons. The molecule has 0 aliphatic carbocycles. The summed E-state index contributed by atoms with van der Waals surface area (Å²) in [6, 6.07) is 55.6. The van der Waals surface area contributed by atoms with Gasteiger partial charge in [-0.15, -0.1) is 0 Å². The topological polar surface area (TPSA) is 51.6 Å². The van der Waals surface area contributed by atoms with Crippen molar-refractivity contribution < 1.29 is 0 Å². The summed E-state index contributed by atoms with van der Waals surface area (Å²) in [7, 11) is 0. The molecule has 0 N–H and O–H groups in total. The van der Waals surface area contributed by atoms with Crippen LogP contribution < -0.4 is 0 Å². The van der Waals surface area contributed by atoms with Crippen molar-refractivity contribution in [2.45, 2.75) is 6.92 Å². The second-order valence-electron chi connectivity index (χ2n) is 12.1. The van der Waals surface area contributed by atoms with E-state index in [1.807, 2.05) is 31.3 Å². The third-order valence-corrected chi connectivity index (χ3v) is 8.77. The highest BCUT2D eigenvalue weighted by molar-refractivity contribution is 5.85. The third kappa shape index (κ3) is 6.53. The average Bonchev–Trinajstić information content (AvgIpc) is 3.19. The molecule has 0 aliphatic rings. The van der Waals surface area contributed by atoms with Crippen LogP contribution in [0.1, 0.15) is 5.69 Å². The van der Waals surface area contributed by atoms with E-state index in [2.05, 4.69) is 154 Å². The van der Waals surface area contributed by atoms with Gasteiger partial charge in [0.25, 0.3) is 0 Å². The molecule has 0 spiro atoms. The molecular formula is C45H32N4. The summed E-state index contributed by atoms with van der Waals surface area (Å²) in [5.41, 5.74) is 16.1. The van der Waals surface area contributed by atoms with Crippen LogP contribution in [-0.4, -0.2) is 19.9 Å². The van der Waals surface area contributed by atoms with E-state index in [0.29, 0.717) is 0 Å². The van der Waals surface area contributed by atoms with E-state index in [0.717, 1.165) is 78.4 Å². The molecule has 0 fully saturated rings. The van der Waals surface area contributed by atoms with Gasteiger partial charge in [-0.3, -0.25) is 4.98 Å². The van der Waals surface area contributed by atoms with Gasteiger partial charge in [0.05, 0.1) is 17.1 Å². The Kier molecular flexibility index (Phi) is 8.11. The number of hydrogen-bond donors (Lipinski definition) is 0. The lowest BCUT2D eigenvalue weighted by molar-refractivity contribution is 1.17. The molecule has 0 unspecified atom stereocenters. The van der Waals surface area contributed by atoms with Crippen molar-refractivity contribution in [2.24, 2.45) is 0 Å². The maximum absolute atomic E-state index is 5.13. The first-order valence-corrected chi connectivity index (χ1v) is 16.3. The number of benzene rings is 5. The first-order valence-electron chi connectivity index (χ1n) is 16.3. The van der Waals surface area contributed by atoms with Crippen molar-refractivity contribution in [1.82, 2.24) is 19.9 Å². The molecule has 4 heteroatoms. The standard InChI is InChI=1S/C45H32N4/c1-31-24-38(20-23-47-31)32-12-14-33(15-13-32)39-25-40(34-16-18-37(19-17-34)43-21-22-46-30-48-43)27-41(26-39)42-28-44(35-8-4-2-5-9-35)49-45(29-42)36-10-6-3-7-11-36/h2-30H,1H3. The molecule has 8 aromatic rings. The Labute approximate surface area is 286 Å². The van der Waals surface area contributed by atoms with Crippen LogP contribution in [0, 0.1) is 6.92 Å². The monoisotopic (exact) mass is 628 g/mol. The van der Waals surface area contributed by atoms with Crippen LogP contribution in [-0.2, 0) is 0 Å². The van der Waals surface area contributed by atoms with Crippen molar-refractivity contribution in [1.29, 1.82) is 0 Å². The minimum Gasteiger partial charge on any atom is -0.262 e. The average molecular weight is 629 g/mol. The van der Waals surface area contributed by atoms with Crippen molar-refractivity contribution in [3.63, 3.8) is 0 Å². The molecule has 3 aromatic heterocycles. The van der Waals surface area contributed by atoms with Crippen LogP contribution in [0.3, 0.4) is 0 Å². The van der Waals surface area contributed by atoms with E-state index in [9.17, 15) is 0 Å². The molecule has 0 amide bonds. The molecule has 0 atom stereocenters. The van der Waals surface area contributed by atoms with Gasteiger partial charge in [-0.2, -0.15) is 0 Å². The summed E-state index contributed by atoms with van der Waals surface area (Å²) in [5, 5.41) is 0. The van der Waals surface area contributed by atoms with Crippen LogP contribution in [0.4, 0.5) is 0 Å². The fourth-order valence-electron chi connectivity index (χ4n) is 6.21. The number of rotatable bonds is 7. The predicted octanol–water partition coefficient (Wildman–Crippen LogP) is 11.2. The fourth-order valence-corrected chi connectivity index (χ4v) is 6.21. The minimum atomic E-state index is 0.902. The van der Waals surface area contributed by atoms with Crippen LogP contribution in [0.15, 0.2) is 176 Å². The summed E-state index contributed by atoms with van der Waals surface area (Å²) in [6.07, 6.45) is 5.23. The van der Waals surface area contributed by atoms with Gasteiger partial charge in [0.15, 0.2) is 0 Å². The molecule has 0 saturated carbocycles. The first kappa shape index (κ1) is 29.9. The van der Waals surface area contributed by atoms with E-state index in [-0.39, 0.29) is 0 Å². The van der Waals surface area contributed by atoms with E-state index in [1.54, 1.807) is 12.5 Å². The minimum absolute atomic E-state index is 0.902. The van der Waals surface area contributed by atoms with Crippen molar-refractivity contribution >= 4 is 0 Å². The molecule has 5 aromatic carbocycles. The van der Waals surface area contributed by atoms with Crippen LogP contribution in [0.2, 0.25) is 0 Å². The van der Waals surface area contributed by atoms with E-state index in [4.69, 9.17) is 4.98 Å². The lowest BCUT2D eigenvalue weighted by atomic mass is 9.91. The van der Waals surface area contributed by atoms with Crippen molar-refractivity contribution in [2.75, 3.05) is 0 Å². The van der Waals surface area contributed by atoms with Gasteiger partial charge in [-0.05, 0) is 100.0 Å². The molecule has 0 saturated heterocycles. The Morgan fingerprint density at radius 1 is 0.327 bits per heavy atom. The van der Waals surface area contributed by atoms with Gasteiger partial charge in [-0.1, -0.05) is 109 Å².